The van der Waals surface area contributed by atoms with Crippen LogP contribution in [0.4, 0.5) is 0 Å². The highest BCUT2D eigenvalue weighted by Crippen LogP contribution is 2.39. The Labute approximate surface area is 139 Å². The number of rotatable bonds is 3. The van der Waals surface area contributed by atoms with Gasteiger partial charge in [-0.05, 0) is 44.1 Å². The zero-order chi connectivity index (χ0) is 16.3. The standard InChI is InChI=1S/C19H30N2O2/c20-14-19(15-4-2-1-3-5-15)10-6-17(18(23)7-11-19)21-12-8-16(22)9-13-21/h1-5,16-18,22-23H,6-14,20H2/t17-,18-,19-/m0/s1. The molecule has 0 radical (unpaired) electrons. The summed E-state index contributed by atoms with van der Waals surface area (Å²) in [6.45, 7) is 2.42. The van der Waals surface area contributed by atoms with Crippen molar-refractivity contribution in [3.05, 3.63) is 35.9 Å². The molecule has 4 heteroatoms. The summed E-state index contributed by atoms with van der Waals surface area (Å²) in [6, 6.07) is 10.8. The van der Waals surface area contributed by atoms with Gasteiger partial charge < -0.3 is 15.9 Å². The van der Waals surface area contributed by atoms with E-state index in [1.807, 2.05) is 6.07 Å². The van der Waals surface area contributed by atoms with Gasteiger partial charge in [0.15, 0.2) is 0 Å². The lowest BCUT2D eigenvalue weighted by Crippen LogP contribution is -2.48. The third-order valence-corrected chi connectivity index (χ3v) is 6.03. The normalized spacial score (nSPS) is 34.2. The molecular formula is C19H30N2O2. The highest BCUT2D eigenvalue weighted by Gasteiger charge is 2.39. The van der Waals surface area contributed by atoms with Crippen LogP contribution in [0.5, 0.6) is 0 Å². The summed E-state index contributed by atoms with van der Waals surface area (Å²) < 4.78 is 0. The Balaban J connectivity index is 1.74. The molecule has 1 aromatic carbocycles. The molecule has 0 aromatic heterocycles. The molecule has 23 heavy (non-hydrogen) atoms. The van der Waals surface area contributed by atoms with E-state index in [1.165, 1.54) is 5.56 Å². The van der Waals surface area contributed by atoms with Gasteiger partial charge in [0.25, 0.3) is 0 Å². The molecule has 0 bridgehead atoms. The molecule has 1 aliphatic heterocycles. The van der Waals surface area contributed by atoms with Crippen LogP contribution in [-0.2, 0) is 5.41 Å². The molecule has 0 spiro atoms. The van der Waals surface area contributed by atoms with Gasteiger partial charge in [-0.1, -0.05) is 30.3 Å². The van der Waals surface area contributed by atoms with Gasteiger partial charge in [-0.3, -0.25) is 4.90 Å². The van der Waals surface area contributed by atoms with Crippen LogP contribution in [0.2, 0.25) is 0 Å². The summed E-state index contributed by atoms with van der Waals surface area (Å²) in [5, 5.41) is 20.4. The van der Waals surface area contributed by atoms with Crippen molar-refractivity contribution in [3.8, 4) is 0 Å². The maximum atomic E-state index is 10.7. The Morgan fingerprint density at radius 1 is 1.00 bits per heavy atom. The second kappa shape index (κ2) is 7.31. The fourth-order valence-electron chi connectivity index (χ4n) is 4.40. The lowest BCUT2D eigenvalue weighted by atomic mass is 9.74. The molecule has 1 aromatic rings. The van der Waals surface area contributed by atoms with E-state index < -0.39 is 0 Å². The van der Waals surface area contributed by atoms with E-state index >= 15 is 0 Å². The van der Waals surface area contributed by atoms with Crippen molar-refractivity contribution in [2.75, 3.05) is 19.6 Å². The second-order valence-corrected chi connectivity index (χ2v) is 7.33. The second-order valence-electron chi connectivity index (χ2n) is 7.33. The number of nitrogens with zero attached hydrogens (tertiary/aromatic N) is 1. The fourth-order valence-corrected chi connectivity index (χ4v) is 4.40. The summed E-state index contributed by atoms with van der Waals surface area (Å²) in [6.07, 6.45) is 4.94. The maximum absolute atomic E-state index is 10.7. The van der Waals surface area contributed by atoms with E-state index in [1.54, 1.807) is 0 Å². The van der Waals surface area contributed by atoms with Crippen molar-refractivity contribution >= 4 is 0 Å². The largest absolute Gasteiger partial charge is 0.393 e. The zero-order valence-corrected chi connectivity index (χ0v) is 13.9. The molecule has 1 heterocycles. The minimum Gasteiger partial charge on any atom is -0.393 e. The van der Waals surface area contributed by atoms with E-state index in [0.29, 0.717) is 6.54 Å². The summed E-state index contributed by atoms with van der Waals surface area (Å²) in [4.78, 5) is 2.38. The Morgan fingerprint density at radius 3 is 2.30 bits per heavy atom. The van der Waals surface area contributed by atoms with Gasteiger partial charge in [0.2, 0.25) is 0 Å². The van der Waals surface area contributed by atoms with Crippen molar-refractivity contribution < 1.29 is 10.2 Å². The Hall–Kier alpha value is -0.940. The predicted molar refractivity (Wildman–Crippen MR) is 92.3 cm³/mol. The molecule has 4 N–H and O–H groups in total. The van der Waals surface area contributed by atoms with E-state index in [4.69, 9.17) is 5.73 Å². The lowest BCUT2D eigenvalue weighted by molar-refractivity contribution is 0.00482. The first-order valence-electron chi connectivity index (χ1n) is 9.00. The molecule has 0 unspecified atom stereocenters. The summed E-state index contributed by atoms with van der Waals surface area (Å²) in [5.74, 6) is 0. The minimum absolute atomic E-state index is 0.00765. The number of hydrogen-bond donors (Lipinski definition) is 3. The maximum Gasteiger partial charge on any atom is 0.0695 e. The number of aliphatic hydroxyl groups is 2. The molecule has 2 aliphatic rings. The third kappa shape index (κ3) is 3.61. The average molecular weight is 318 g/mol. The van der Waals surface area contributed by atoms with Crippen LogP contribution < -0.4 is 5.73 Å². The Bertz CT molecular complexity index is 487. The van der Waals surface area contributed by atoms with Gasteiger partial charge in [-0.2, -0.15) is 0 Å². The molecular weight excluding hydrogens is 288 g/mol. The topological polar surface area (TPSA) is 69.7 Å². The third-order valence-electron chi connectivity index (χ3n) is 6.03. The number of benzene rings is 1. The van der Waals surface area contributed by atoms with Gasteiger partial charge in [0.1, 0.15) is 0 Å². The van der Waals surface area contributed by atoms with Crippen molar-refractivity contribution in [2.45, 2.75) is 62.2 Å². The molecule has 3 atom stereocenters. The molecule has 128 valence electrons. The highest BCUT2D eigenvalue weighted by atomic mass is 16.3. The van der Waals surface area contributed by atoms with Crippen LogP contribution in [-0.4, -0.2) is 53.0 Å². The number of nitrogens with two attached hydrogens (primary N) is 1. The first-order chi connectivity index (χ1) is 11.1. The number of likely N-dealkylation sites (tertiary alicyclic amines) is 1. The van der Waals surface area contributed by atoms with Crippen LogP contribution in [0.15, 0.2) is 30.3 Å². The zero-order valence-electron chi connectivity index (χ0n) is 13.9. The highest BCUT2D eigenvalue weighted by molar-refractivity contribution is 5.26. The van der Waals surface area contributed by atoms with Gasteiger partial charge in [0, 0.05) is 31.1 Å². The lowest BCUT2D eigenvalue weighted by Gasteiger charge is -2.38. The smallest absolute Gasteiger partial charge is 0.0695 e. The molecule has 4 nitrogen and oxygen atoms in total. The first-order valence-corrected chi connectivity index (χ1v) is 9.00. The van der Waals surface area contributed by atoms with Crippen LogP contribution in [0.3, 0.4) is 0 Å². The first kappa shape index (κ1) is 16.9. The molecule has 1 aliphatic carbocycles. The SMILES string of the molecule is NC[C@@]1(c2ccccc2)CC[C@H](O)[C@@H](N2CCC(O)CC2)CC1. The average Bonchev–Trinajstić information content (AvgIpc) is 2.77. The summed E-state index contributed by atoms with van der Waals surface area (Å²) in [7, 11) is 0. The molecule has 1 saturated carbocycles. The van der Waals surface area contributed by atoms with Crippen LogP contribution in [0.1, 0.15) is 44.1 Å². The van der Waals surface area contributed by atoms with Crippen molar-refractivity contribution in [3.63, 3.8) is 0 Å². The Kier molecular flexibility index (Phi) is 5.37. The molecule has 3 rings (SSSR count). The Morgan fingerprint density at radius 2 is 1.65 bits per heavy atom. The number of piperidine rings is 1. The predicted octanol–water partition coefficient (Wildman–Crippen LogP) is 1.64. The number of aliphatic hydroxyl groups excluding tert-OH is 2. The summed E-state index contributed by atoms with van der Waals surface area (Å²) in [5.41, 5.74) is 7.50. The molecule has 2 fully saturated rings. The molecule has 1 saturated heterocycles. The van der Waals surface area contributed by atoms with Crippen LogP contribution in [0, 0.1) is 0 Å². The monoisotopic (exact) mass is 318 g/mol. The van der Waals surface area contributed by atoms with E-state index in [0.717, 1.165) is 51.6 Å². The summed E-state index contributed by atoms with van der Waals surface area (Å²) >= 11 is 0. The van der Waals surface area contributed by atoms with Gasteiger partial charge in [-0.25, -0.2) is 0 Å². The van der Waals surface area contributed by atoms with E-state index in [9.17, 15) is 10.2 Å². The molecule has 0 amide bonds. The van der Waals surface area contributed by atoms with Crippen LogP contribution in [0.25, 0.3) is 0 Å². The van der Waals surface area contributed by atoms with Gasteiger partial charge in [-0.15, -0.1) is 0 Å². The quantitative estimate of drug-likeness (QED) is 0.741. The van der Waals surface area contributed by atoms with E-state index in [2.05, 4.69) is 29.2 Å². The van der Waals surface area contributed by atoms with E-state index in [-0.39, 0.29) is 23.7 Å². The number of hydrogen-bond acceptors (Lipinski definition) is 4. The van der Waals surface area contributed by atoms with Crippen molar-refractivity contribution in [2.24, 2.45) is 5.73 Å². The van der Waals surface area contributed by atoms with Crippen molar-refractivity contribution in [1.29, 1.82) is 0 Å². The van der Waals surface area contributed by atoms with Crippen molar-refractivity contribution in [1.82, 2.24) is 4.90 Å². The fraction of sp³-hybridized carbons (Fsp3) is 0.684. The van der Waals surface area contributed by atoms with Gasteiger partial charge in [0.05, 0.1) is 12.2 Å². The van der Waals surface area contributed by atoms with Crippen LogP contribution >= 0.6 is 0 Å². The minimum atomic E-state index is -0.289. The van der Waals surface area contributed by atoms with Gasteiger partial charge >= 0.3 is 0 Å².